The molecule has 9 nitrogen and oxygen atoms in total. The van der Waals surface area contributed by atoms with Crippen LogP contribution in [0.2, 0.25) is 0 Å². The Morgan fingerprint density at radius 1 is 1.27 bits per heavy atom. The molecule has 1 aromatic carbocycles. The monoisotopic (exact) mass is 452 g/mol. The fourth-order valence-electron chi connectivity index (χ4n) is 5.43. The number of hydrogen-bond acceptors (Lipinski definition) is 6. The van der Waals surface area contributed by atoms with Crippen molar-refractivity contribution in [3.63, 3.8) is 0 Å². The van der Waals surface area contributed by atoms with Crippen LogP contribution in [0.15, 0.2) is 24.3 Å². The Bertz CT molecular complexity index is 971. The van der Waals surface area contributed by atoms with Crippen molar-refractivity contribution < 1.29 is 14.4 Å². The first kappa shape index (κ1) is 23.2. The van der Waals surface area contributed by atoms with Crippen LogP contribution in [0.5, 0.6) is 0 Å². The number of carbonyl (C=O) groups excluding carboxylic acids is 3. The van der Waals surface area contributed by atoms with Crippen LogP contribution in [0.3, 0.4) is 0 Å². The van der Waals surface area contributed by atoms with E-state index >= 15 is 0 Å². The quantitative estimate of drug-likeness (QED) is 0.675. The van der Waals surface area contributed by atoms with Crippen molar-refractivity contribution in [2.75, 3.05) is 33.7 Å². The van der Waals surface area contributed by atoms with Crippen molar-refractivity contribution in [1.29, 1.82) is 5.26 Å². The van der Waals surface area contributed by atoms with Gasteiger partial charge in [-0.1, -0.05) is 12.1 Å². The SMILES string of the molecule is C[C@@H](c1ccc(C(=O)N(C)C)cc1)N1C(=O)[C@H]2CC1CN2C[C@H](N)C(=O)N1CCC[C@H]1C#N. The van der Waals surface area contributed by atoms with Crippen molar-refractivity contribution in [2.24, 2.45) is 5.73 Å². The fraction of sp³-hybridized carbons (Fsp3) is 0.583. The average Bonchev–Trinajstić information content (AvgIpc) is 3.52. The first-order valence-electron chi connectivity index (χ1n) is 11.6. The summed E-state index contributed by atoms with van der Waals surface area (Å²) in [4.78, 5) is 45.2. The summed E-state index contributed by atoms with van der Waals surface area (Å²) < 4.78 is 0. The molecule has 3 aliphatic rings. The number of likely N-dealkylation sites (tertiary alicyclic amines) is 3. The van der Waals surface area contributed by atoms with Gasteiger partial charge in [0.25, 0.3) is 5.91 Å². The molecule has 0 aliphatic carbocycles. The van der Waals surface area contributed by atoms with Gasteiger partial charge in [-0.25, -0.2) is 0 Å². The van der Waals surface area contributed by atoms with Crippen LogP contribution in [0.4, 0.5) is 0 Å². The van der Waals surface area contributed by atoms with Gasteiger partial charge in [-0.15, -0.1) is 0 Å². The van der Waals surface area contributed by atoms with Crippen LogP contribution >= 0.6 is 0 Å². The van der Waals surface area contributed by atoms with E-state index in [9.17, 15) is 19.6 Å². The second-order valence-corrected chi connectivity index (χ2v) is 9.53. The molecule has 2 N–H and O–H groups in total. The number of piperazine rings is 1. The largest absolute Gasteiger partial charge is 0.345 e. The Balaban J connectivity index is 1.38. The molecule has 3 fully saturated rings. The number of amides is 3. The van der Waals surface area contributed by atoms with Crippen LogP contribution in [0, 0.1) is 11.3 Å². The molecular formula is C24H32N6O3. The van der Waals surface area contributed by atoms with E-state index in [-0.39, 0.29) is 35.8 Å². The minimum Gasteiger partial charge on any atom is -0.345 e. The van der Waals surface area contributed by atoms with Gasteiger partial charge < -0.3 is 20.4 Å². The van der Waals surface area contributed by atoms with Crippen molar-refractivity contribution in [2.45, 2.75) is 56.4 Å². The molecule has 0 saturated carbocycles. The van der Waals surface area contributed by atoms with Gasteiger partial charge in [0.1, 0.15) is 6.04 Å². The van der Waals surface area contributed by atoms with Gasteiger partial charge in [-0.3, -0.25) is 19.3 Å². The zero-order chi connectivity index (χ0) is 23.9. The van der Waals surface area contributed by atoms with E-state index in [4.69, 9.17) is 5.73 Å². The molecule has 1 unspecified atom stereocenters. The Kier molecular flexibility index (Phi) is 6.41. The number of nitrogens with two attached hydrogens (primary N) is 1. The van der Waals surface area contributed by atoms with Crippen molar-refractivity contribution in [3.8, 4) is 6.07 Å². The lowest BCUT2D eigenvalue weighted by atomic mass is 10.0. The summed E-state index contributed by atoms with van der Waals surface area (Å²) in [5, 5.41) is 9.25. The lowest BCUT2D eigenvalue weighted by Crippen LogP contribution is -2.56. The van der Waals surface area contributed by atoms with Gasteiger partial charge >= 0.3 is 0 Å². The molecule has 176 valence electrons. The standard InChI is InChI=1S/C24H32N6O3/c1-15(16-6-8-17(9-7-16)22(31)27(2)3)30-19-11-21(24(30)33)28(13-19)14-20(26)23(32)29-10-4-5-18(29)12-25/h6-9,15,18-21H,4-5,10-11,13-14,26H2,1-3H3/t15-,18-,19?,20-,21+/m0/s1. The van der Waals surface area contributed by atoms with Crippen LogP contribution < -0.4 is 5.73 Å². The first-order valence-corrected chi connectivity index (χ1v) is 11.6. The smallest absolute Gasteiger partial charge is 0.253 e. The van der Waals surface area contributed by atoms with Crippen LogP contribution in [-0.4, -0.2) is 95.2 Å². The van der Waals surface area contributed by atoms with E-state index in [1.807, 2.05) is 28.9 Å². The van der Waals surface area contributed by atoms with Crippen LogP contribution in [0.1, 0.15) is 48.1 Å². The molecule has 0 spiro atoms. The van der Waals surface area contributed by atoms with E-state index < -0.39 is 12.1 Å². The summed E-state index contributed by atoms with van der Waals surface area (Å²) in [5.74, 6) is -0.197. The summed E-state index contributed by atoms with van der Waals surface area (Å²) in [6.45, 7) is 3.58. The highest BCUT2D eigenvalue weighted by molar-refractivity contribution is 5.94. The molecule has 3 aliphatic heterocycles. The van der Waals surface area contributed by atoms with Crippen LogP contribution in [0.25, 0.3) is 0 Å². The highest BCUT2D eigenvalue weighted by Crippen LogP contribution is 2.38. The molecule has 2 bridgehead atoms. The number of fused-ring (bicyclic) bond motifs is 2. The molecular weight excluding hydrogens is 420 g/mol. The molecule has 4 rings (SSSR count). The predicted molar refractivity (Wildman–Crippen MR) is 122 cm³/mol. The van der Waals surface area contributed by atoms with Crippen molar-refractivity contribution in [1.82, 2.24) is 19.6 Å². The third kappa shape index (κ3) is 4.21. The molecule has 9 heteroatoms. The van der Waals surface area contributed by atoms with E-state index in [1.165, 1.54) is 4.90 Å². The lowest BCUT2D eigenvalue weighted by molar-refractivity contribution is -0.140. The first-order chi connectivity index (χ1) is 15.7. The molecule has 3 heterocycles. The Hall–Kier alpha value is -2.96. The minimum absolute atomic E-state index is 0.0537. The zero-order valence-electron chi connectivity index (χ0n) is 19.5. The third-order valence-electron chi connectivity index (χ3n) is 7.21. The highest BCUT2D eigenvalue weighted by Gasteiger charge is 2.51. The van der Waals surface area contributed by atoms with Crippen molar-refractivity contribution in [3.05, 3.63) is 35.4 Å². The highest BCUT2D eigenvalue weighted by atomic mass is 16.2. The van der Waals surface area contributed by atoms with Gasteiger partial charge in [0.15, 0.2) is 0 Å². The molecule has 1 aromatic rings. The normalized spacial score (nSPS) is 26.4. The average molecular weight is 453 g/mol. The van der Waals surface area contributed by atoms with Gasteiger partial charge in [-0.2, -0.15) is 5.26 Å². The number of nitrogens with zero attached hydrogens (tertiary/aromatic N) is 5. The van der Waals surface area contributed by atoms with Gasteiger partial charge in [0.2, 0.25) is 11.8 Å². The number of carbonyl (C=O) groups is 3. The van der Waals surface area contributed by atoms with E-state index in [0.29, 0.717) is 31.6 Å². The molecule has 5 atom stereocenters. The predicted octanol–water partition coefficient (Wildman–Crippen LogP) is 0.576. The summed E-state index contributed by atoms with van der Waals surface area (Å²) in [6.07, 6.45) is 2.24. The molecule has 0 radical (unpaired) electrons. The maximum atomic E-state index is 13.2. The summed E-state index contributed by atoms with van der Waals surface area (Å²) in [5.41, 5.74) is 7.82. The Labute approximate surface area is 194 Å². The number of rotatable bonds is 6. The topological polar surface area (TPSA) is 114 Å². The third-order valence-corrected chi connectivity index (χ3v) is 7.21. The zero-order valence-corrected chi connectivity index (χ0v) is 19.5. The summed E-state index contributed by atoms with van der Waals surface area (Å²) in [6, 6.07) is 8.18. The van der Waals surface area contributed by atoms with E-state index in [2.05, 4.69) is 6.07 Å². The lowest BCUT2D eigenvalue weighted by Gasteiger charge is -2.38. The van der Waals surface area contributed by atoms with Crippen molar-refractivity contribution >= 4 is 17.7 Å². The van der Waals surface area contributed by atoms with Gasteiger partial charge in [-0.05, 0) is 43.9 Å². The van der Waals surface area contributed by atoms with Gasteiger partial charge in [0, 0.05) is 45.3 Å². The number of hydrogen-bond donors (Lipinski definition) is 1. The van der Waals surface area contributed by atoms with Crippen LogP contribution in [-0.2, 0) is 9.59 Å². The molecule has 3 saturated heterocycles. The molecule has 33 heavy (non-hydrogen) atoms. The van der Waals surface area contributed by atoms with Gasteiger partial charge in [0.05, 0.1) is 24.2 Å². The molecule has 3 amide bonds. The number of benzene rings is 1. The maximum absolute atomic E-state index is 13.2. The summed E-state index contributed by atoms with van der Waals surface area (Å²) >= 11 is 0. The molecule has 0 aromatic heterocycles. The van der Waals surface area contributed by atoms with E-state index in [1.54, 1.807) is 31.1 Å². The van der Waals surface area contributed by atoms with E-state index in [0.717, 1.165) is 18.4 Å². The second-order valence-electron chi connectivity index (χ2n) is 9.53. The maximum Gasteiger partial charge on any atom is 0.253 e. The fourth-order valence-corrected chi connectivity index (χ4v) is 5.43. The summed E-state index contributed by atoms with van der Waals surface area (Å²) in [7, 11) is 3.44. The number of nitriles is 1. The Morgan fingerprint density at radius 3 is 2.58 bits per heavy atom. The minimum atomic E-state index is -0.737. The second kappa shape index (κ2) is 9.12. The Morgan fingerprint density at radius 2 is 1.97 bits per heavy atom.